The molecule has 0 radical (unpaired) electrons. The standard InChI is InChI=1S/C16H17Cl2N3O3S/c1-21(9-11-4-2-7-14(17)16(11)18)10-15(22)20-12-5-3-6-13(8-12)25(19,23)24/h2-8H,9-10H2,1H3,(H,20,22)(H2,19,23,24)/p+1. The van der Waals surface area contributed by atoms with Gasteiger partial charge in [0, 0.05) is 11.3 Å². The third-order valence-corrected chi connectivity index (χ3v) is 5.20. The fraction of sp³-hybridized carbons (Fsp3) is 0.188. The molecule has 0 spiro atoms. The van der Waals surface area contributed by atoms with Gasteiger partial charge in [-0.15, -0.1) is 0 Å². The second-order valence-electron chi connectivity index (χ2n) is 5.64. The van der Waals surface area contributed by atoms with Gasteiger partial charge in [0.1, 0.15) is 6.54 Å². The molecule has 4 N–H and O–H groups in total. The predicted octanol–water partition coefficient (Wildman–Crippen LogP) is 1.29. The zero-order valence-corrected chi connectivity index (χ0v) is 15.8. The SMILES string of the molecule is C[NH+](CC(=O)Nc1cccc(S(N)(=O)=O)c1)Cc1cccc(Cl)c1Cl. The van der Waals surface area contributed by atoms with Crippen LogP contribution in [0, 0.1) is 0 Å². The number of carbonyl (C=O) groups is 1. The van der Waals surface area contributed by atoms with Crippen molar-refractivity contribution in [3.05, 3.63) is 58.1 Å². The number of likely N-dealkylation sites (N-methyl/N-ethyl adjacent to an activating group) is 1. The van der Waals surface area contributed by atoms with Crippen molar-refractivity contribution in [3.8, 4) is 0 Å². The van der Waals surface area contributed by atoms with Crippen LogP contribution in [-0.2, 0) is 21.4 Å². The number of benzene rings is 2. The van der Waals surface area contributed by atoms with Crippen molar-refractivity contribution in [2.24, 2.45) is 5.14 Å². The minimum absolute atomic E-state index is 0.0586. The number of quaternary nitrogens is 1. The van der Waals surface area contributed by atoms with E-state index >= 15 is 0 Å². The van der Waals surface area contributed by atoms with E-state index in [4.69, 9.17) is 28.3 Å². The molecule has 0 aromatic heterocycles. The maximum absolute atomic E-state index is 12.2. The van der Waals surface area contributed by atoms with Gasteiger partial charge in [-0.05, 0) is 24.3 Å². The van der Waals surface area contributed by atoms with Gasteiger partial charge < -0.3 is 10.2 Å². The first-order valence-corrected chi connectivity index (χ1v) is 9.64. The van der Waals surface area contributed by atoms with Gasteiger partial charge in [0.15, 0.2) is 6.54 Å². The molecule has 2 aromatic rings. The number of amides is 1. The van der Waals surface area contributed by atoms with E-state index in [9.17, 15) is 13.2 Å². The number of primary sulfonamides is 1. The van der Waals surface area contributed by atoms with Crippen molar-refractivity contribution >= 4 is 44.8 Å². The highest BCUT2D eigenvalue weighted by Crippen LogP contribution is 2.24. The molecule has 0 fully saturated rings. The van der Waals surface area contributed by atoms with Crippen LogP contribution in [0.3, 0.4) is 0 Å². The molecule has 0 aliphatic heterocycles. The first-order valence-electron chi connectivity index (χ1n) is 7.33. The topological polar surface area (TPSA) is 93.7 Å². The Bertz CT molecular complexity index is 888. The van der Waals surface area contributed by atoms with Crippen molar-refractivity contribution in [3.63, 3.8) is 0 Å². The molecule has 134 valence electrons. The molecule has 1 amide bonds. The summed E-state index contributed by atoms with van der Waals surface area (Å²) in [5.41, 5.74) is 1.21. The normalized spacial score (nSPS) is 12.6. The summed E-state index contributed by atoms with van der Waals surface area (Å²) in [5, 5.41) is 8.69. The lowest BCUT2D eigenvalue weighted by molar-refractivity contribution is -0.885. The summed E-state index contributed by atoms with van der Waals surface area (Å²) >= 11 is 12.1. The molecule has 0 aliphatic rings. The molecule has 0 aliphatic carbocycles. The summed E-state index contributed by atoms with van der Waals surface area (Å²) < 4.78 is 22.7. The molecule has 2 rings (SSSR count). The highest BCUT2D eigenvalue weighted by atomic mass is 35.5. The van der Waals surface area contributed by atoms with Crippen molar-refractivity contribution in [2.45, 2.75) is 11.4 Å². The average Bonchev–Trinajstić information content (AvgIpc) is 2.51. The lowest BCUT2D eigenvalue weighted by Gasteiger charge is -2.15. The number of sulfonamides is 1. The Kier molecular flexibility index (Phi) is 6.42. The van der Waals surface area contributed by atoms with Crippen LogP contribution >= 0.6 is 23.2 Å². The second kappa shape index (κ2) is 8.16. The Morgan fingerprint density at radius 2 is 1.88 bits per heavy atom. The smallest absolute Gasteiger partial charge is 0.279 e. The van der Waals surface area contributed by atoms with Gasteiger partial charge in [-0.25, -0.2) is 13.6 Å². The van der Waals surface area contributed by atoms with Gasteiger partial charge in [-0.1, -0.05) is 41.4 Å². The van der Waals surface area contributed by atoms with Crippen LogP contribution in [0.15, 0.2) is 47.4 Å². The number of nitrogens with one attached hydrogen (secondary N) is 2. The van der Waals surface area contributed by atoms with Crippen LogP contribution in [-0.4, -0.2) is 27.9 Å². The van der Waals surface area contributed by atoms with Crippen molar-refractivity contribution in [1.29, 1.82) is 0 Å². The van der Waals surface area contributed by atoms with Gasteiger partial charge >= 0.3 is 0 Å². The molecule has 2 aromatic carbocycles. The van der Waals surface area contributed by atoms with E-state index in [2.05, 4.69) is 5.32 Å². The number of halogens is 2. The first-order chi connectivity index (χ1) is 11.7. The monoisotopic (exact) mass is 402 g/mol. The number of anilines is 1. The zero-order valence-electron chi connectivity index (χ0n) is 13.4. The molecular formula is C16H18Cl2N3O3S+. The highest BCUT2D eigenvalue weighted by Gasteiger charge is 2.15. The number of rotatable bonds is 6. The van der Waals surface area contributed by atoms with Crippen molar-refractivity contribution < 1.29 is 18.1 Å². The molecule has 0 heterocycles. The molecule has 6 nitrogen and oxygen atoms in total. The summed E-state index contributed by atoms with van der Waals surface area (Å²) in [5.74, 6) is -0.262. The van der Waals surface area contributed by atoms with E-state index in [1.807, 2.05) is 13.1 Å². The minimum Gasteiger partial charge on any atom is -0.326 e. The summed E-state index contributed by atoms with van der Waals surface area (Å²) in [6.45, 7) is 0.687. The van der Waals surface area contributed by atoms with Crippen LogP contribution < -0.4 is 15.4 Å². The average molecular weight is 403 g/mol. The van der Waals surface area contributed by atoms with Crippen LogP contribution in [0.4, 0.5) is 5.69 Å². The van der Waals surface area contributed by atoms with Gasteiger partial charge in [0.25, 0.3) is 5.91 Å². The van der Waals surface area contributed by atoms with E-state index in [1.54, 1.807) is 18.2 Å². The quantitative estimate of drug-likeness (QED) is 0.679. The Balaban J connectivity index is 1.99. The molecule has 0 saturated carbocycles. The Labute approximate surface area is 156 Å². The lowest BCUT2D eigenvalue weighted by Crippen LogP contribution is -3.08. The van der Waals surface area contributed by atoms with Crippen LogP contribution in [0.5, 0.6) is 0 Å². The minimum atomic E-state index is -3.82. The van der Waals surface area contributed by atoms with Gasteiger partial charge in [-0.3, -0.25) is 4.79 Å². The molecule has 9 heteroatoms. The molecule has 1 atom stereocenters. The Hall–Kier alpha value is -1.64. The Morgan fingerprint density at radius 1 is 1.20 bits per heavy atom. The van der Waals surface area contributed by atoms with E-state index < -0.39 is 10.0 Å². The fourth-order valence-electron chi connectivity index (χ4n) is 2.30. The molecule has 0 bridgehead atoms. The second-order valence-corrected chi connectivity index (χ2v) is 7.99. The Morgan fingerprint density at radius 3 is 2.56 bits per heavy atom. The maximum atomic E-state index is 12.2. The van der Waals surface area contributed by atoms with E-state index in [-0.39, 0.29) is 17.3 Å². The third-order valence-electron chi connectivity index (χ3n) is 3.43. The lowest BCUT2D eigenvalue weighted by atomic mass is 10.2. The van der Waals surface area contributed by atoms with Gasteiger partial charge in [0.05, 0.1) is 22.0 Å². The third kappa shape index (κ3) is 5.69. The number of hydrogen-bond acceptors (Lipinski definition) is 3. The van der Waals surface area contributed by atoms with Crippen molar-refractivity contribution in [1.82, 2.24) is 0 Å². The van der Waals surface area contributed by atoms with Crippen LogP contribution in [0.2, 0.25) is 10.0 Å². The van der Waals surface area contributed by atoms with Gasteiger partial charge in [-0.2, -0.15) is 0 Å². The predicted molar refractivity (Wildman–Crippen MR) is 98.4 cm³/mol. The van der Waals surface area contributed by atoms with E-state index in [1.165, 1.54) is 18.2 Å². The van der Waals surface area contributed by atoms with Crippen molar-refractivity contribution in [2.75, 3.05) is 18.9 Å². The molecule has 25 heavy (non-hydrogen) atoms. The fourth-order valence-corrected chi connectivity index (χ4v) is 3.25. The highest BCUT2D eigenvalue weighted by molar-refractivity contribution is 7.89. The molecule has 1 unspecified atom stereocenters. The van der Waals surface area contributed by atoms with Gasteiger partial charge in [0.2, 0.25) is 10.0 Å². The zero-order chi connectivity index (χ0) is 18.6. The largest absolute Gasteiger partial charge is 0.326 e. The molecular weight excluding hydrogens is 385 g/mol. The first kappa shape index (κ1) is 19.7. The number of nitrogens with two attached hydrogens (primary N) is 1. The van der Waals surface area contributed by atoms with Crippen LogP contribution in [0.1, 0.15) is 5.56 Å². The van der Waals surface area contributed by atoms with E-state index in [0.29, 0.717) is 22.3 Å². The summed E-state index contributed by atoms with van der Waals surface area (Å²) in [6, 6.07) is 11.1. The number of carbonyl (C=O) groups excluding carboxylic acids is 1. The molecule has 0 saturated heterocycles. The number of hydrogen-bond donors (Lipinski definition) is 3. The summed E-state index contributed by atoms with van der Waals surface area (Å²) in [7, 11) is -1.97. The van der Waals surface area contributed by atoms with E-state index in [0.717, 1.165) is 10.5 Å². The maximum Gasteiger partial charge on any atom is 0.279 e. The van der Waals surface area contributed by atoms with Crippen LogP contribution in [0.25, 0.3) is 0 Å². The summed E-state index contributed by atoms with van der Waals surface area (Å²) in [6.07, 6.45) is 0. The summed E-state index contributed by atoms with van der Waals surface area (Å²) in [4.78, 5) is 13.0.